The van der Waals surface area contributed by atoms with Crippen LogP contribution >= 0.6 is 0 Å². The number of aliphatic hydroxyl groups is 1. The highest BCUT2D eigenvalue weighted by Crippen LogP contribution is 2.19. The third-order valence-corrected chi connectivity index (χ3v) is 9.17. The normalized spacial score (nSPS) is 16.3. The molecule has 0 aromatic heterocycles. The Hall–Kier alpha value is 0.274. The average molecular weight is 336 g/mol. The molecule has 0 fully saturated rings. The molecule has 0 saturated carbocycles. The summed E-state index contributed by atoms with van der Waals surface area (Å²) in [5.74, 6) is 0. The summed E-state index contributed by atoms with van der Waals surface area (Å²) in [6.45, 7) is 18.9. The molecule has 0 amide bonds. The maximum Gasteiger partial charge on any atom is 0.173 e. The third-order valence-electron chi connectivity index (χ3n) is 2.95. The fraction of sp³-hybridized carbons (Fsp3) is 1.00. The number of rotatable bonds is 11. The van der Waals surface area contributed by atoms with E-state index in [9.17, 15) is 5.11 Å². The van der Waals surface area contributed by atoms with Gasteiger partial charge in [-0.25, -0.2) is 0 Å². The van der Waals surface area contributed by atoms with Gasteiger partial charge in [-0.05, 0) is 52.1 Å². The van der Waals surface area contributed by atoms with Crippen molar-refractivity contribution in [2.45, 2.75) is 77.6 Å². The van der Waals surface area contributed by atoms with Crippen LogP contribution in [-0.2, 0) is 8.85 Å². The molecule has 0 saturated heterocycles. The van der Waals surface area contributed by atoms with Gasteiger partial charge in [-0.15, -0.1) is 0 Å². The van der Waals surface area contributed by atoms with Crippen molar-refractivity contribution in [3.05, 3.63) is 0 Å². The van der Waals surface area contributed by atoms with Gasteiger partial charge in [0.2, 0.25) is 0 Å². The Kier molecular flexibility index (Phi) is 8.90. The molecule has 0 aliphatic heterocycles. The minimum absolute atomic E-state index is 0.377. The van der Waals surface area contributed by atoms with Crippen LogP contribution in [0.3, 0.4) is 0 Å². The lowest BCUT2D eigenvalue weighted by Gasteiger charge is -2.31. The maximum atomic E-state index is 10.2. The van der Waals surface area contributed by atoms with E-state index in [-0.39, 0.29) is 0 Å². The summed E-state index contributed by atoms with van der Waals surface area (Å²) in [5.41, 5.74) is -0.800. The SMILES string of the molecule is CC(C)NCC(C)(O)COCCC[Si](C)(C)O[Si](C)(C)C. The summed E-state index contributed by atoms with van der Waals surface area (Å²) < 4.78 is 11.9. The smallest absolute Gasteiger partial charge is 0.173 e. The highest BCUT2D eigenvalue weighted by atomic mass is 28.4. The first kappa shape index (κ1) is 21.3. The van der Waals surface area contributed by atoms with Gasteiger partial charge in [-0.2, -0.15) is 0 Å². The first-order chi connectivity index (χ1) is 9.33. The van der Waals surface area contributed by atoms with Gasteiger partial charge in [0.1, 0.15) is 0 Å². The topological polar surface area (TPSA) is 50.7 Å². The Morgan fingerprint density at radius 1 is 1.14 bits per heavy atom. The number of nitrogens with one attached hydrogen (secondary N) is 1. The molecule has 21 heavy (non-hydrogen) atoms. The zero-order valence-electron chi connectivity index (χ0n) is 15.4. The molecule has 1 unspecified atom stereocenters. The van der Waals surface area contributed by atoms with Crippen LogP contribution in [0.15, 0.2) is 0 Å². The van der Waals surface area contributed by atoms with Crippen LogP contribution in [0.2, 0.25) is 38.8 Å². The van der Waals surface area contributed by atoms with Gasteiger partial charge in [0.15, 0.2) is 16.6 Å². The van der Waals surface area contributed by atoms with Crippen molar-refractivity contribution in [1.82, 2.24) is 5.32 Å². The number of hydrogen-bond acceptors (Lipinski definition) is 4. The lowest BCUT2D eigenvalue weighted by molar-refractivity contribution is -0.0331. The van der Waals surface area contributed by atoms with Crippen LogP contribution in [0.5, 0.6) is 0 Å². The van der Waals surface area contributed by atoms with Crippen LogP contribution < -0.4 is 5.32 Å². The van der Waals surface area contributed by atoms with E-state index >= 15 is 0 Å². The Labute approximate surface area is 133 Å². The molecule has 0 aliphatic carbocycles. The van der Waals surface area contributed by atoms with Gasteiger partial charge in [0.25, 0.3) is 0 Å². The molecule has 0 spiro atoms. The van der Waals surface area contributed by atoms with Crippen molar-refractivity contribution < 1.29 is 14.0 Å². The molecule has 1 atom stereocenters. The highest BCUT2D eigenvalue weighted by Gasteiger charge is 2.29. The molecule has 0 aliphatic rings. The maximum absolute atomic E-state index is 10.2. The molecular formula is C15H37NO3Si2. The van der Waals surface area contributed by atoms with Crippen LogP contribution in [0, 0.1) is 0 Å². The van der Waals surface area contributed by atoms with E-state index in [1.807, 2.05) is 6.92 Å². The van der Waals surface area contributed by atoms with Crippen molar-refractivity contribution in [2.24, 2.45) is 0 Å². The fourth-order valence-electron chi connectivity index (χ4n) is 2.25. The molecule has 0 heterocycles. The minimum Gasteiger partial charge on any atom is -0.456 e. The zero-order chi connectivity index (χ0) is 16.7. The van der Waals surface area contributed by atoms with E-state index < -0.39 is 22.2 Å². The molecule has 0 aromatic rings. The van der Waals surface area contributed by atoms with Gasteiger partial charge in [-0.1, -0.05) is 13.8 Å². The number of ether oxygens (including phenoxy) is 1. The van der Waals surface area contributed by atoms with Gasteiger partial charge in [0.05, 0.1) is 12.2 Å². The number of hydrogen-bond donors (Lipinski definition) is 2. The minimum atomic E-state index is -1.56. The fourth-order valence-corrected chi connectivity index (χ4v) is 10.3. The van der Waals surface area contributed by atoms with Gasteiger partial charge < -0.3 is 19.3 Å². The standard InChI is InChI=1S/C15H37NO3Si2/c1-14(2)16-12-15(3,17)13-18-10-9-11-21(7,8)19-20(4,5)6/h14,16-17H,9-13H2,1-8H3. The second-order valence-electron chi connectivity index (χ2n) is 8.16. The van der Waals surface area contributed by atoms with Crippen LogP contribution in [0.1, 0.15) is 27.2 Å². The summed E-state index contributed by atoms with van der Waals surface area (Å²) in [5, 5.41) is 13.4. The quantitative estimate of drug-likeness (QED) is 0.450. The molecule has 4 nitrogen and oxygen atoms in total. The summed E-state index contributed by atoms with van der Waals surface area (Å²) in [6, 6.07) is 1.49. The monoisotopic (exact) mass is 335 g/mol. The molecule has 0 bridgehead atoms. The van der Waals surface area contributed by atoms with Crippen molar-refractivity contribution in [3.63, 3.8) is 0 Å². The van der Waals surface area contributed by atoms with Crippen molar-refractivity contribution in [3.8, 4) is 0 Å². The Morgan fingerprint density at radius 2 is 1.71 bits per heavy atom. The first-order valence-electron chi connectivity index (χ1n) is 8.07. The van der Waals surface area contributed by atoms with Crippen molar-refractivity contribution >= 4 is 16.6 Å². The second kappa shape index (κ2) is 8.79. The Bertz CT molecular complexity index is 289. The molecule has 128 valence electrons. The Morgan fingerprint density at radius 3 is 2.19 bits per heavy atom. The summed E-state index contributed by atoms with van der Waals surface area (Å²) in [6.07, 6.45) is 1.01. The predicted octanol–water partition coefficient (Wildman–Crippen LogP) is 3.20. The molecule has 0 radical (unpaired) electrons. The van der Waals surface area contributed by atoms with E-state index in [2.05, 4.69) is 51.9 Å². The summed E-state index contributed by atoms with van der Waals surface area (Å²) >= 11 is 0. The van der Waals surface area contributed by atoms with Crippen molar-refractivity contribution in [1.29, 1.82) is 0 Å². The van der Waals surface area contributed by atoms with Crippen molar-refractivity contribution in [2.75, 3.05) is 19.8 Å². The molecule has 0 rings (SSSR count). The Balaban J connectivity index is 3.85. The van der Waals surface area contributed by atoms with Gasteiger partial charge in [0, 0.05) is 19.2 Å². The third kappa shape index (κ3) is 13.6. The van der Waals surface area contributed by atoms with Crippen LogP contribution in [0.4, 0.5) is 0 Å². The highest BCUT2D eigenvalue weighted by molar-refractivity contribution is 6.84. The largest absolute Gasteiger partial charge is 0.456 e. The predicted molar refractivity (Wildman–Crippen MR) is 95.9 cm³/mol. The molecule has 0 aromatic carbocycles. The summed E-state index contributed by atoms with van der Waals surface area (Å²) in [4.78, 5) is 0. The molecule has 6 heteroatoms. The van der Waals surface area contributed by atoms with Gasteiger partial charge in [-0.3, -0.25) is 0 Å². The van der Waals surface area contributed by atoms with Gasteiger partial charge >= 0.3 is 0 Å². The second-order valence-corrected chi connectivity index (χ2v) is 17.2. The van der Waals surface area contributed by atoms with E-state index in [1.165, 1.54) is 0 Å². The lowest BCUT2D eigenvalue weighted by atomic mass is 10.1. The van der Waals surface area contributed by atoms with E-state index in [0.29, 0.717) is 25.8 Å². The van der Waals surface area contributed by atoms with Crippen LogP contribution in [-0.4, -0.2) is 53.1 Å². The molecule has 2 N–H and O–H groups in total. The van der Waals surface area contributed by atoms with E-state index in [4.69, 9.17) is 8.85 Å². The lowest BCUT2D eigenvalue weighted by Crippen LogP contribution is -2.44. The van der Waals surface area contributed by atoms with Crippen LogP contribution in [0.25, 0.3) is 0 Å². The molecular weight excluding hydrogens is 298 g/mol. The average Bonchev–Trinajstić information content (AvgIpc) is 2.22. The first-order valence-corrected chi connectivity index (χ1v) is 14.6. The van der Waals surface area contributed by atoms with E-state index in [1.54, 1.807) is 0 Å². The summed E-state index contributed by atoms with van der Waals surface area (Å²) in [7, 11) is -3.00. The zero-order valence-corrected chi connectivity index (χ0v) is 17.4. The van der Waals surface area contributed by atoms with E-state index in [0.717, 1.165) is 12.5 Å².